The lowest BCUT2D eigenvalue weighted by Gasteiger charge is -2.00. The van der Waals surface area contributed by atoms with Gasteiger partial charge in [-0.3, -0.25) is 14.9 Å². The maximum absolute atomic E-state index is 10.8. The fourth-order valence-electron chi connectivity index (χ4n) is 0.725. The first-order valence-electron chi connectivity index (χ1n) is 2.89. The van der Waals surface area contributed by atoms with Gasteiger partial charge in [-0.2, -0.15) is 0 Å². The van der Waals surface area contributed by atoms with E-state index in [4.69, 9.17) is 0 Å². The zero-order valence-corrected chi connectivity index (χ0v) is 5.61. The molecule has 0 aliphatic heterocycles. The van der Waals surface area contributed by atoms with Gasteiger partial charge in [0, 0.05) is 6.08 Å². The van der Waals surface area contributed by atoms with Crippen LogP contribution in [0.15, 0.2) is 36.1 Å². The van der Waals surface area contributed by atoms with E-state index in [1.165, 1.54) is 18.2 Å². The molecule has 0 atom stereocenters. The third-order valence-electron chi connectivity index (χ3n) is 1.31. The number of allylic oxidation sites excluding steroid dienone is 4. The quantitative estimate of drug-likeness (QED) is 0.317. The molecule has 0 spiro atoms. The lowest BCUT2D eigenvalue weighted by molar-refractivity contribution is -0.420. The zero-order chi connectivity index (χ0) is 8.43. The highest BCUT2D eigenvalue weighted by molar-refractivity contribution is 6.07. The number of nitro groups is 1. The minimum absolute atomic E-state index is 0.0579. The lowest BCUT2D eigenvalue weighted by Crippen LogP contribution is -2.10. The van der Waals surface area contributed by atoms with Crippen molar-refractivity contribution in [1.29, 1.82) is 0 Å². The number of hydrogen-bond donors (Lipinski definition) is 0. The van der Waals surface area contributed by atoms with Crippen molar-refractivity contribution in [3.63, 3.8) is 0 Å². The molecule has 0 bridgehead atoms. The van der Waals surface area contributed by atoms with Crippen LogP contribution < -0.4 is 0 Å². The third-order valence-corrected chi connectivity index (χ3v) is 1.31. The van der Waals surface area contributed by atoms with Crippen LogP contribution in [0.2, 0.25) is 0 Å². The normalized spacial score (nSPS) is 16.5. The molecular weight excluding hydrogens is 146 g/mol. The molecule has 0 N–H and O–H groups in total. The largest absolute Gasteiger partial charge is 0.289 e. The third kappa shape index (κ3) is 1.24. The lowest BCUT2D eigenvalue weighted by atomic mass is 10.1. The van der Waals surface area contributed by atoms with E-state index in [2.05, 4.69) is 6.58 Å². The zero-order valence-electron chi connectivity index (χ0n) is 5.61. The Balaban J connectivity index is 3.06. The number of carbonyl (C=O) groups excluding carboxylic acids is 1. The molecule has 0 aromatic rings. The smallest absolute Gasteiger partial charge is 0.279 e. The summed E-state index contributed by atoms with van der Waals surface area (Å²) in [5, 5.41) is 10.2. The van der Waals surface area contributed by atoms with Crippen LogP contribution in [0.5, 0.6) is 0 Å². The van der Waals surface area contributed by atoms with Crippen LogP contribution >= 0.6 is 0 Å². The molecule has 0 saturated carbocycles. The molecule has 0 unspecified atom stereocenters. The minimum atomic E-state index is -0.621. The van der Waals surface area contributed by atoms with Gasteiger partial charge in [0.15, 0.2) is 5.78 Å². The van der Waals surface area contributed by atoms with Crippen molar-refractivity contribution < 1.29 is 9.72 Å². The van der Waals surface area contributed by atoms with Crippen molar-refractivity contribution in [1.82, 2.24) is 0 Å². The van der Waals surface area contributed by atoms with Gasteiger partial charge >= 0.3 is 0 Å². The molecule has 0 heterocycles. The van der Waals surface area contributed by atoms with Gasteiger partial charge in [0.1, 0.15) is 0 Å². The highest BCUT2D eigenvalue weighted by Gasteiger charge is 2.21. The Morgan fingerprint density at radius 1 is 1.55 bits per heavy atom. The van der Waals surface area contributed by atoms with Crippen LogP contribution in [0.1, 0.15) is 0 Å². The van der Waals surface area contributed by atoms with Gasteiger partial charge < -0.3 is 0 Å². The molecule has 0 aromatic heterocycles. The summed E-state index contributed by atoms with van der Waals surface area (Å²) in [7, 11) is 0. The van der Waals surface area contributed by atoms with Crippen molar-refractivity contribution in [2.24, 2.45) is 0 Å². The van der Waals surface area contributed by atoms with E-state index in [1.54, 1.807) is 0 Å². The van der Waals surface area contributed by atoms with Crippen LogP contribution in [-0.4, -0.2) is 10.7 Å². The number of nitrogens with zero attached hydrogens (tertiary/aromatic N) is 1. The molecule has 0 saturated heterocycles. The van der Waals surface area contributed by atoms with E-state index >= 15 is 0 Å². The van der Waals surface area contributed by atoms with E-state index in [-0.39, 0.29) is 11.3 Å². The summed E-state index contributed by atoms with van der Waals surface area (Å²) < 4.78 is 0. The molecule has 11 heavy (non-hydrogen) atoms. The second-order valence-electron chi connectivity index (χ2n) is 2.01. The Hall–Kier alpha value is -1.71. The van der Waals surface area contributed by atoms with Crippen molar-refractivity contribution in [3.8, 4) is 0 Å². The van der Waals surface area contributed by atoms with Crippen LogP contribution in [0.3, 0.4) is 0 Å². The highest BCUT2D eigenvalue weighted by atomic mass is 16.6. The van der Waals surface area contributed by atoms with Crippen LogP contribution in [-0.2, 0) is 4.79 Å². The molecule has 4 nitrogen and oxygen atoms in total. The second-order valence-corrected chi connectivity index (χ2v) is 2.01. The Morgan fingerprint density at radius 3 is 2.64 bits per heavy atom. The van der Waals surface area contributed by atoms with E-state index in [9.17, 15) is 14.9 Å². The summed E-state index contributed by atoms with van der Waals surface area (Å²) in [6.45, 7) is 3.29. The monoisotopic (exact) mass is 151 g/mol. The predicted octanol–water partition coefficient (Wildman–Crippen LogP) is 0.842. The molecular formula is C7H5NO3. The molecule has 0 radical (unpaired) electrons. The summed E-state index contributed by atoms with van der Waals surface area (Å²) in [4.78, 5) is 20.4. The van der Waals surface area contributed by atoms with Gasteiger partial charge in [0.25, 0.3) is 5.70 Å². The number of carbonyl (C=O) groups is 1. The van der Waals surface area contributed by atoms with Crippen molar-refractivity contribution >= 4 is 5.78 Å². The summed E-state index contributed by atoms with van der Waals surface area (Å²) in [6, 6.07) is 0. The molecule has 0 fully saturated rings. The van der Waals surface area contributed by atoms with Crippen molar-refractivity contribution in [2.75, 3.05) is 0 Å². The number of rotatable bonds is 1. The number of hydrogen-bond acceptors (Lipinski definition) is 3. The molecule has 0 amide bonds. The Kier molecular flexibility index (Phi) is 1.68. The van der Waals surface area contributed by atoms with E-state index < -0.39 is 10.7 Å². The van der Waals surface area contributed by atoms with E-state index in [0.717, 1.165) is 0 Å². The van der Waals surface area contributed by atoms with E-state index in [1.807, 2.05) is 0 Å². The van der Waals surface area contributed by atoms with Crippen molar-refractivity contribution in [2.45, 2.75) is 0 Å². The van der Waals surface area contributed by atoms with Gasteiger partial charge in [-0.05, 0) is 6.08 Å². The van der Waals surface area contributed by atoms with Crippen molar-refractivity contribution in [3.05, 3.63) is 46.2 Å². The number of ketones is 1. The fraction of sp³-hybridized carbons (Fsp3) is 0. The summed E-state index contributed by atoms with van der Waals surface area (Å²) in [5.74, 6) is -0.404. The molecule has 1 rings (SSSR count). The first-order chi connectivity index (χ1) is 5.13. The van der Waals surface area contributed by atoms with Crippen LogP contribution in [0.4, 0.5) is 0 Å². The SMILES string of the molecule is C=C1C(=O)C=CC=C1[N+](=O)[O-]. The Bertz CT molecular complexity index is 299. The Morgan fingerprint density at radius 2 is 2.18 bits per heavy atom. The first-order valence-corrected chi connectivity index (χ1v) is 2.89. The summed E-state index contributed by atoms with van der Waals surface area (Å²) in [5.41, 5.74) is -0.282. The van der Waals surface area contributed by atoms with Gasteiger partial charge in [0.05, 0.1) is 10.5 Å². The molecule has 1 aliphatic rings. The highest BCUT2D eigenvalue weighted by Crippen LogP contribution is 2.14. The molecule has 56 valence electrons. The topological polar surface area (TPSA) is 60.2 Å². The Labute approximate surface area is 62.7 Å². The van der Waals surface area contributed by atoms with Crippen LogP contribution in [0, 0.1) is 10.1 Å². The fourth-order valence-corrected chi connectivity index (χ4v) is 0.725. The maximum atomic E-state index is 10.8. The maximum Gasteiger partial charge on any atom is 0.279 e. The minimum Gasteiger partial charge on any atom is -0.289 e. The standard InChI is InChI=1S/C7H5NO3/c1-5-6(8(10)11)3-2-4-7(5)9/h2-4H,1H2. The molecule has 4 heteroatoms. The van der Waals surface area contributed by atoms with Gasteiger partial charge in [0.2, 0.25) is 0 Å². The second kappa shape index (κ2) is 2.49. The average Bonchev–Trinajstić information content (AvgIpc) is 1.94. The van der Waals surface area contributed by atoms with Crippen LogP contribution in [0.25, 0.3) is 0 Å². The van der Waals surface area contributed by atoms with Gasteiger partial charge in [-0.15, -0.1) is 0 Å². The average molecular weight is 151 g/mol. The predicted molar refractivity (Wildman–Crippen MR) is 38.4 cm³/mol. The molecule has 0 aromatic carbocycles. The molecule has 1 aliphatic carbocycles. The summed E-state index contributed by atoms with van der Waals surface area (Å²) in [6.07, 6.45) is 3.84. The van der Waals surface area contributed by atoms with Gasteiger partial charge in [-0.25, -0.2) is 0 Å². The summed E-state index contributed by atoms with van der Waals surface area (Å²) >= 11 is 0. The van der Waals surface area contributed by atoms with E-state index in [0.29, 0.717) is 0 Å². The van der Waals surface area contributed by atoms with Gasteiger partial charge in [-0.1, -0.05) is 12.7 Å². The first kappa shape index (κ1) is 7.40.